The minimum atomic E-state index is -0.287. The first kappa shape index (κ1) is 13.7. The van der Waals surface area contributed by atoms with Gasteiger partial charge in [-0.1, -0.05) is 6.07 Å². The summed E-state index contributed by atoms with van der Waals surface area (Å²) in [6.45, 7) is 4.61. The molecule has 0 spiro atoms. The van der Waals surface area contributed by atoms with Gasteiger partial charge in [-0.25, -0.2) is 9.37 Å². The predicted octanol–water partition coefficient (Wildman–Crippen LogP) is 3.86. The quantitative estimate of drug-likeness (QED) is 0.896. The first-order chi connectivity index (χ1) is 9.10. The van der Waals surface area contributed by atoms with Crippen LogP contribution in [0.4, 0.5) is 21.8 Å². The number of nitrogens with zero attached hydrogens (tertiary/aromatic N) is 2. The number of hydrogen-bond donors (Lipinski definition) is 2. The smallest absolute Gasteiger partial charge is 0.224 e. The fourth-order valence-corrected chi connectivity index (χ4v) is 1.84. The van der Waals surface area contributed by atoms with E-state index >= 15 is 0 Å². The average Bonchev–Trinajstić information content (AvgIpc) is 2.38. The lowest BCUT2D eigenvalue weighted by Crippen LogP contribution is -2.05. The van der Waals surface area contributed by atoms with E-state index in [0.29, 0.717) is 17.5 Å². The molecule has 0 aliphatic rings. The van der Waals surface area contributed by atoms with E-state index in [4.69, 9.17) is 0 Å². The summed E-state index contributed by atoms with van der Waals surface area (Å²) in [5.74, 6) is 0.840. The minimum absolute atomic E-state index is 0.287. The van der Waals surface area contributed by atoms with E-state index in [0.717, 1.165) is 16.6 Å². The maximum atomic E-state index is 13.3. The third-order valence-corrected chi connectivity index (χ3v) is 3.11. The van der Waals surface area contributed by atoms with Gasteiger partial charge in [0.2, 0.25) is 5.95 Å². The second-order valence-electron chi connectivity index (χ2n) is 4.00. The molecule has 2 N–H and O–H groups in total. The lowest BCUT2D eigenvalue weighted by molar-refractivity contribution is 0.628. The number of rotatable bonds is 4. The Labute approximate surface area is 119 Å². The summed E-state index contributed by atoms with van der Waals surface area (Å²) in [5.41, 5.74) is 1.62. The lowest BCUT2D eigenvalue weighted by atomic mass is 10.2. The zero-order valence-electron chi connectivity index (χ0n) is 10.7. The molecule has 0 aliphatic carbocycles. The van der Waals surface area contributed by atoms with Crippen LogP contribution in [0.15, 0.2) is 28.9 Å². The van der Waals surface area contributed by atoms with Crippen molar-refractivity contribution in [3.8, 4) is 0 Å². The van der Waals surface area contributed by atoms with Crippen molar-refractivity contribution in [1.29, 1.82) is 0 Å². The van der Waals surface area contributed by atoms with Crippen molar-refractivity contribution in [2.45, 2.75) is 13.8 Å². The van der Waals surface area contributed by atoms with Gasteiger partial charge in [0.05, 0.1) is 4.47 Å². The number of benzene rings is 1. The number of aromatic nitrogens is 2. The number of hydrogen-bond acceptors (Lipinski definition) is 4. The molecule has 0 amide bonds. The molecule has 0 saturated heterocycles. The molecule has 0 fully saturated rings. The summed E-state index contributed by atoms with van der Waals surface area (Å²) in [6.07, 6.45) is 1.65. The molecular weight excluding hydrogens is 311 g/mol. The third-order valence-electron chi connectivity index (χ3n) is 2.53. The number of anilines is 3. The Balaban J connectivity index is 2.31. The fourth-order valence-electron chi connectivity index (χ4n) is 1.55. The largest absolute Gasteiger partial charge is 0.354 e. The van der Waals surface area contributed by atoms with E-state index < -0.39 is 0 Å². The highest BCUT2D eigenvalue weighted by Gasteiger charge is 2.07. The van der Waals surface area contributed by atoms with Crippen molar-refractivity contribution < 1.29 is 4.39 Å². The Morgan fingerprint density at radius 1 is 1.37 bits per heavy atom. The van der Waals surface area contributed by atoms with Gasteiger partial charge >= 0.3 is 0 Å². The molecule has 4 nitrogen and oxygen atoms in total. The Kier molecular flexibility index (Phi) is 4.31. The maximum Gasteiger partial charge on any atom is 0.224 e. The van der Waals surface area contributed by atoms with E-state index in [1.165, 1.54) is 12.1 Å². The molecule has 100 valence electrons. The summed E-state index contributed by atoms with van der Waals surface area (Å²) < 4.78 is 14.0. The number of halogens is 2. The van der Waals surface area contributed by atoms with Gasteiger partial charge in [-0.2, -0.15) is 4.98 Å². The predicted molar refractivity (Wildman–Crippen MR) is 78.3 cm³/mol. The van der Waals surface area contributed by atoms with Gasteiger partial charge in [0.1, 0.15) is 11.6 Å². The van der Waals surface area contributed by atoms with Crippen LogP contribution in [0.2, 0.25) is 0 Å². The van der Waals surface area contributed by atoms with Gasteiger partial charge in [0.25, 0.3) is 0 Å². The molecule has 1 heterocycles. The summed E-state index contributed by atoms with van der Waals surface area (Å²) in [6, 6.07) is 4.59. The summed E-state index contributed by atoms with van der Waals surface area (Å²) in [7, 11) is 0. The molecule has 1 aromatic carbocycles. The fraction of sp³-hybridized carbons (Fsp3) is 0.231. The van der Waals surface area contributed by atoms with Gasteiger partial charge in [-0.15, -0.1) is 0 Å². The lowest BCUT2D eigenvalue weighted by Gasteiger charge is -2.11. The molecule has 0 radical (unpaired) electrons. The van der Waals surface area contributed by atoms with Crippen LogP contribution in [0.5, 0.6) is 0 Å². The van der Waals surface area contributed by atoms with Crippen LogP contribution in [0.25, 0.3) is 0 Å². The van der Waals surface area contributed by atoms with Gasteiger partial charge in [-0.05, 0) is 47.5 Å². The molecule has 2 aromatic rings. The van der Waals surface area contributed by atoms with Crippen LogP contribution in [0.1, 0.15) is 12.5 Å². The molecule has 2 rings (SSSR count). The SMILES string of the molecule is CCNc1ncc(Br)c(Nc2cc(F)ccc2C)n1. The molecule has 0 bridgehead atoms. The van der Waals surface area contributed by atoms with E-state index in [1.807, 2.05) is 13.8 Å². The number of aryl methyl sites for hydroxylation is 1. The Hall–Kier alpha value is -1.69. The molecule has 0 aliphatic heterocycles. The first-order valence-corrected chi connectivity index (χ1v) is 6.69. The molecule has 19 heavy (non-hydrogen) atoms. The van der Waals surface area contributed by atoms with Crippen molar-refractivity contribution in [3.63, 3.8) is 0 Å². The van der Waals surface area contributed by atoms with Crippen molar-refractivity contribution in [2.24, 2.45) is 0 Å². The van der Waals surface area contributed by atoms with E-state index in [2.05, 4.69) is 36.5 Å². The van der Waals surface area contributed by atoms with Gasteiger partial charge < -0.3 is 10.6 Å². The van der Waals surface area contributed by atoms with Crippen molar-refractivity contribution in [2.75, 3.05) is 17.2 Å². The zero-order chi connectivity index (χ0) is 13.8. The molecule has 1 aromatic heterocycles. The van der Waals surface area contributed by atoms with Crippen molar-refractivity contribution in [3.05, 3.63) is 40.2 Å². The van der Waals surface area contributed by atoms with Crippen LogP contribution in [0.3, 0.4) is 0 Å². The monoisotopic (exact) mass is 324 g/mol. The highest BCUT2D eigenvalue weighted by atomic mass is 79.9. The summed E-state index contributed by atoms with van der Waals surface area (Å²) in [4.78, 5) is 8.45. The Morgan fingerprint density at radius 2 is 2.16 bits per heavy atom. The molecule has 6 heteroatoms. The van der Waals surface area contributed by atoms with Gasteiger partial charge in [0.15, 0.2) is 0 Å². The minimum Gasteiger partial charge on any atom is -0.354 e. The van der Waals surface area contributed by atoms with Gasteiger partial charge in [0, 0.05) is 18.4 Å². The standard InChI is InChI=1S/C13H14BrFN4/c1-3-16-13-17-7-10(14)12(19-13)18-11-6-9(15)5-4-8(11)2/h4-7H,3H2,1-2H3,(H2,16,17,18,19). The van der Waals surface area contributed by atoms with Crippen LogP contribution in [0, 0.1) is 12.7 Å². The molecular formula is C13H14BrFN4. The van der Waals surface area contributed by atoms with Crippen LogP contribution in [-0.4, -0.2) is 16.5 Å². The van der Waals surface area contributed by atoms with E-state index in [-0.39, 0.29) is 5.82 Å². The average molecular weight is 325 g/mol. The van der Waals surface area contributed by atoms with Crippen molar-refractivity contribution in [1.82, 2.24) is 9.97 Å². The summed E-state index contributed by atoms with van der Waals surface area (Å²) in [5, 5.41) is 6.13. The topological polar surface area (TPSA) is 49.8 Å². The Bertz CT molecular complexity index is 589. The van der Waals surface area contributed by atoms with E-state index in [1.54, 1.807) is 12.3 Å². The van der Waals surface area contributed by atoms with Crippen molar-refractivity contribution >= 4 is 33.4 Å². The highest BCUT2D eigenvalue weighted by Crippen LogP contribution is 2.26. The van der Waals surface area contributed by atoms with Crippen LogP contribution < -0.4 is 10.6 Å². The van der Waals surface area contributed by atoms with Crippen LogP contribution >= 0.6 is 15.9 Å². The second kappa shape index (κ2) is 5.97. The zero-order valence-corrected chi connectivity index (χ0v) is 12.3. The molecule has 0 unspecified atom stereocenters. The third kappa shape index (κ3) is 3.41. The van der Waals surface area contributed by atoms with Crippen LogP contribution in [-0.2, 0) is 0 Å². The maximum absolute atomic E-state index is 13.3. The number of nitrogens with one attached hydrogen (secondary N) is 2. The normalized spacial score (nSPS) is 10.3. The summed E-state index contributed by atoms with van der Waals surface area (Å²) >= 11 is 3.37. The highest BCUT2D eigenvalue weighted by molar-refractivity contribution is 9.10. The molecule has 0 saturated carbocycles. The van der Waals surface area contributed by atoms with Gasteiger partial charge in [-0.3, -0.25) is 0 Å². The first-order valence-electron chi connectivity index (χ1n) is 5.89. The molecule has 0 atom stereocenters. The Morgan fingerprint density at radius 3 is 2.89 bits per heavy atom. The van der Waals surface area contributed by atoms with E-state index in [9.17, 15) is 4.39 Å². The second-order valence-corrected chi connectivity index (χ2v) is 4.86.